The first kappa shape index (κ1) is 33.6. The molecule has 3 aromatic rings. The number of para-hydroxylation sites is 2. The van der Waals surface area contributed by atoms with Crippen LogP contribution >= 0.6 is 0 Å². The number of carbonyl (C=O) groups is 2. The van der Waals surface area contributed by atoms with Gasteiger partial charge in [-0.2, -0.15) is 0 Å². The Morgan fingerprint density at radius 2 is 1.43 bits per heavy atom. The number of benzene rings is 3. The van der Waals surface area contributed by atoms with Gasteiger partial charge in [-0.15, -0.1) is 0 Å². The first-order valence-electron chi connectivity index (χ1n) is 16.7. The third-order valence-corrected chi connectivity index (χ3v) is 8.78. The van der Waals surface area contributed by atoms with Crippen molar-refractivity contribution in [2.24, 2.45) is 0 Å². The van der Waals surface area contributed by atoms with Crippen LogP contribution in [0.1, 0.15) is 93.3 Å². The van der Waals surface area contributed by atoms with Crippen molar-refractivity contribution in [1.29, 1.82) is 0 Å². The quantitative estimate of drug-likeness (QED) is 0.115. The van der Waals surface area contributed by atoms with Gasteiger partial charge in [-0.3, -0.25) is 9.59 Å². The van der Waals surface area contributed by atoms with E-state index in [1.807, 2.05) is 60.7 Å². The van der Waals surface area contributed by atoms with Crippen LogP contribution in [0.15, 0.2) is 72.8 Å². The van der Waals surface area contributed by atoms with E-state index in [0.29, 0.717) is 24.2 Å². The van der Waals surface area contributed by atoms with Crippen molar-refractivity contribution in [3.05, 3.63) is 89.5 Å². The summed E-state index contributed by atoms with van der Waals surface area (Å²) in [4.78, 5) is 27.3. The number of nitrogen functional groups attached to an aromatic ring is 1. The number of likely N-dealkylation sites (tertiary alicyclic amines) is 1. The largest absolute Gasteiger partial charge is 0.397 e. The Hall–Kier alpha value is -3.76. The number of piperidine rings is 1. The Kier molecular flexibility index (Phi) is 12.6. The summed E-state index contributed by atoms with van der Waals surface area (Å²) in [5, 5.41) is 15.3. The molecule has 3 atom stereocenters. The average molecular weight is 629 g/mol. The van der Waals surface area contributed by atoms with Crippen LogP contribution in [0.3, 0.4) is 0 Å². The Balaban J connectivity index is 1.07. The second kappa shape index (κ2) is 17.2. The topological polar surface area (TPSA) is 126 Å². The number of nitrogens with one attached hydrogen (secondary N) is 2. The van der Waals surface area contributed by atoms with Gasteiger partial charge in [0, 0.05) is 37.1 Å². The van der Waals surface area contributed by atoms with Crippen LogP contribution in [0.2, 0.25) is 0 Å². The Morgan fingerprint density at radius 1 is 0.783 bits per heavy atom. The monoisotopic (exact) mass is 628 g/mol. The smallest absolute Gasteiger partial charge is 0.224 e. The normalized spacial score (nSPS) is 20.2. The molecule has 0 spiro atoms. The molecule has 0 bridgehead atoms. The molecule has 246 valence electrons. The summed E-state index contributed by atoms with van der Waals surface area (Å²) in [7, 11) is 0. The average Bonchev–Trinajstić information content (AvgIpc) is 3.08. The predicted molar refractivity (Wildman–Crippen MR) is 181 cm³/mol. The Labute approximate surface area is 272 Å². The summed E-state index contributed by atoms with van der Waals surface area (Å²) >= 11 is 0. The van der Waals surface area contributed by atoms with Gasteiger partial charge >= 0.3 is 0 Å². The van der Waals surface area contributed by atoms with E-state index in [0.717, 1.165) is 74.1 Å². The summed E-state index contributed by atoms with van der Waals surface area (Å²) in [6.07, 6.45) is 8.09. The van der Waals surface area contributed by atoms with Crippen molar-refractivity contribution in [2.75, 3.05) is 36.0 Å². The lowest BCUT2D eigenvalue weighted by Crippen LogP contribution is -2.41. The number of rotatable bonds is 14. The van der Waals surface area contributed by atoms with Gasteiger partial charge in [0.05, 0.1) is 30.2 Å². The third kappa shape index (κ3) is 10.1. The molecule has 0 aliphatic carbocycles. The molecule has 2 heterocycles. The number of aliphatic hydroxyl groups excluding tert-OH is 1. The second-order valence-electron chi connectivity index (χ2n) is 12.4. The number of nitrogens with two attached hydrogens (primary N) is 1. The molecule has 5 N–H and O–H groups in total. The molecule has 2 amide bonds. The summed E-state index contributed by atoms with van der Waals surface area (Å²) in [6, 6.07) is 22.9. The van der Waals surface area contributed by atoms with Gasteiger partial charge in [0.2, 0.25) is 11.8 Å². The summed E-state index contributed by atoms with van der Waals surface area (Å²) in [6.45, 7) is 3.12. The molecule has 0 radical (unpaired) electrons. The number of unbranched alkanes of at least 4 members (excludes halogenated alkanes) is 3. The van der Waals surface area contributed by atoms with E-state index >= 15 is 0 Å². The SMILES string of the molecule is Nc1ccccc1NC(=O)CCCCCCC(=O)Nc1ccc([C@@H]2O[C@H](CN3CCCCC3)C[C@H](c3ccc(CO)cc3)O2)cc1. The van der Waals surface area contributed by atoms with Gasteiger partial charge in [0.1, 0.15) is 0 Å². The van der Waals surface area contributed by atoms with Crippen LogP contribution < -0.4 is 16.4 Å². The second-order valence-corrected chi connectivity index (χ2v) is 12.4. The first-order valence-corrected chi connectivity index (χ1v) is 16.7. The van der Waals surface area contributed by atoms with Crippen molar-refractivity contribution in [3.8, 4) is 0 Å². The van der Waals surface area contributed by atoms with Gasteiger partial charge < -0.3 is 35.8 Å². The molecule has 2 saturated heterocycles. The van der Waals surface area contributed by atoms with Crippen molar-refractivity contribution in [3.63, 3.8) is 0 Å². The fourth-order valence-electron chi connectivity index (χ4n) is 6.16. The van der Waals surface area contributed by atoms with Gasteiger partial charge in [-0.05, 0) is 74.2 Å². The number of nitrogens with zero attached hydrogens (tertiary/aromatic N) is 1. The van der Waals surface area contributed by atoms with E-state index in [9.17, 15) is 14.7 Å². The molecule has 0 aromatic heterocycles. The predicted octanol–water partition coefficient (Wildman–Crippen LogP) is 6.71. The summed E-state index contributed by atoms with van der Waals surface area (Å²) in [5.74, 6) is -0.0731. The summed E-state index contributed by atoms with van der Waals surface area (Å²) < 4.78 is 13.0. The molecule has 2 fully saturated rings. The van der Waals surface area contributed by atoms with Crippen LogP contribution in [-0.2, 0) is 25.7 Å². The zero-order valence-corrected chi connectivity index (χ0v) is 26.7. The molecule has 2 aliphatic rings. The zero-order valence-electron chi connectivity index (χ0n) is 26.7. The van der Waals surface area contributed by atoms with E-state index in [1.54, 1.807) is 12.1 Å². The minimum Gasteiger partial charge on any atom is -0.397 e. The number of ether oxygens (including phenoxy) is 2. The highest BCUT2D eigenvalue weighted by Gasteiger charge is 2.33. The molecule has 0 unspecified atom stereocenters. The number of aliphatic hydroxyl groups is 1. The molecule has 9 nitrogen and oxygen atoms in total. The van der Waals surface area contributed by atoms with E-state index in [-0.39, 0.29) is 30.6 Å². The van der Waals surface area contributed by atoms with Crippen molar-refractivity contribution >= 4 is 28.9 Å². The number of hydrogen-bond donors (Lipinski definition) is 4. The molecule has 46 heavy (non-hydrogen) atoms. The van der Waals surface area contributed by atoms with Crippen molar-refractivity contribution < 1.29 is 24.2 Å². The molecular weight excluding hydrogens is 580 g/mol. The minimum absolute atomic E-state index is 0.0181. The van der Waals surface area contributed by atoms with Crippen LogP contribution in [0.5, 0.6) is 0 Å². The van der Waals surface area contributed by atoms with Gasteiger partial charge in [-0.25, -0.2) is 0 Å². The lowest BCUT2D eigenvalue weighted by Gasteiger charge is -2.39. The molecule has 5 rings (SSSR count). The minimum atomic E-state index is -0.511. The molecular formula is C37H48N4O5. The molecule has 3 aromatic carbocycles. The molecule has 2 aliphatic heterocycles. The highest BCUT2D eigenvalue weighted by molar-refractivity contribution is 5.93. The maximum Gasteiger partial charge on any atom is 0.224 e. The standard InChI is InChI=1S/C37H48N4O5/c38-32-10-6-7-11-33(32)40-36(44)13-5-2-1-4-12-35(43)39-30-20-18-29(19-21-30)37-45-31(25-41-22-8-3-9-23-41)24-34(46-37)28-16-14-27(26-42)15-17-28/h6-7,10-11,14-21,31,34,37,42H,1-5,8-9,12-13,22-26,38H2,(H,39,43)(H,40,44)/t31-,34+,37+/m0/s1. The number of anilines is 3. The van der Waals surface area contributed by atoms with Gasteiger partial charge in [-0.1, -0.05) is 67.8 Å². The van der Waals surface area contributed by atoms with Crippen molar-refractivity contribution in [2.45, 2.75) is 89.3 Å². The summed E-state index contributed by atoms with van der Waals surface area (Å²) in [5.41, 5.74) is 10.7. The van der Waals surface area contributed by atoms with E-state index in [4.69, 9.17) is 15.2 Å². The third-order valence-electron chi connectivity index (χ3n) is 8.78. The highest BCUT2D eigenvalue weighted by Crippen LogP contribution is 2.38. The Morgan fingerprint density at radius 3 is 2.11 bits per heavy atom. The maximum absolute atomic E-state index is 12.6. The fourth-order valence-corrected chi connectivity index (χ4v) is 6.16. The lowest BCUT2D eigenvalue weighted by atomic mass is 9.99. The van der Waals surface area contributed by atoms with Crippen LogP contribution in [-0.4, -0.2) is 47.6 Å². The maximum atomic E-state index is 12.6. The van der Waals surface area contributed by atoms with Gasteiger partial charge in [0.15, 0.2) is 6.29 Å². The number of amides is 2. The van der Waals surface area contributed by atoms with Crippen LogP contribution in [0.4, 0.5) is 17.1 Å². The van der Waals surface area contributed by atoms with Crippen molar-refractivity contribution in [1.82, 2.24) is 4.90 Å². The highest BCUT2D eigenvalue weighted by atomic mass is 16.7. The van der Waals surface area contributed by atoms with E-state index in [2.05, 4.69) is 15.5 Å². The van der Waals surface area contributed by atoms with Crippen LogP contribution in [0.25, 0.3) is 0 Å². The fraction of sp³-hybridized carbons (Fsp3) is 0.459. The molecule has 9 heteroatoms. The lowest BCUT2D eigenvalue weighted by molar-refractivity contribution is -0.253. The van der Waals surface area contributed by atoms with E-state index in [1.165, 1.54) is 19.3 Å². The van der Waals surface area contributed by atoms with E-state index < -0.39 is 6.29 Å². The number of hydrogen-bond acceptors (Lipinski definition) is 7. The zero-order chi connectivity index (χ0) is 32.1. The van der Waals surface area contributed by atoms with Crippen LogP contribution in [0, 0.1) is 0 Å². The number of carbonyl (C=O) groups excluding carboxylic acids is 2. The Bertz CT molecular complexity index is 1390. The molecule has 0 saturated carbocycles. The van der Waals surface area contributed by atoms with Gasteiger partial charge in [0.25, 0.3) is 0 Å². The first-order chi connectivity index (χ1) is 22.5.